The molecule has 0 aliphatic carbocycles. The predicted molar refractivity (Wildman–Crippen MR) is 92.8 cm³/mol. The van der Waals surface area contributed by atoms with Crippen LogP contribution in [0.1, 0.15) is 43.7 Å². The van der Waals surface area contributed by atoms with Crippen molar-refractivity contribution in [2.45, 2.75) is 39.5 Å². The van der Waals surface area contributed by atoms with E-state index in [2.05, 4.69) is 48.0 Å². The zero-order valence-electron chi connectivity index (χ0n) is 13.6. The van der Waals surface area contributed by atoms with E-state index < -0.39 is 0 Å². The smallest absolute Gasteiger partial charge is 0.251 e. The van der Waals surface area contributed by atoms with Gasteiger partial charge in [0.25, 0.3) is 5.56 Å². The second-order valence-corrected chi connectivity index (χ2v) is 6.51. The van der Waals surface area contributed by atoms with Gasteiger partial charge in [0.2, 0.25) is 0 Å². The first-order valence-corrected chi connectivity index (χ1v) is 8.15. The van der Waals surface area contributed by atoms with Crippen molar-refractivity contribution in [3.63, 3.8) is 0 Å². The maximum absolute atomic E-state index is 12.0. The lowest BCUT2D eigenvalue weighted by molar-refractivity contribution is 0.856. The average molecular weight is 296 g/mol. The highest BCUT2D eigenvalue weighted by atomic mass is 16.1. The van der Waals surface area contributed by atoms with Crippen LogP contribution in [-0.4, -0.2) is 18.1 Å². The van der Waals surface area contributed by atoms with Crippen molar-refractivity contribution >= 4 is 5.69 Å². The van der Waals surface area contributed by atoms with E-state index in [9.17, 15) is 4.79 Å². The highest BCUT2D eigenvalue weighted by Crippen LogP contribution is 2.29. The van der Waals surface area contributed by atoms with Crippen molar-refractivity contribution in [1.82, 2.24) is 4.98 Å². The molecule has 1 aromatic heterocycles. The monoisotopic (exact) mass is 296 g/mol. The molecule has 3 nitrogen and oxygen atoms in total. The molecule has 0 unspecified atom stereocenters. The largest absolute Gasteiger partial charge is 0.372 e. The van der Waals surface area contributed by atoms with Crippen LogP contribution in [0.3, 0.4) is 0 Å². The van der Waals surface area contributed by atoms with E-state index in [0.29, 0.717) is 5.92 Å². The molecule has 116 valence electrons. The topological polar surface area (TPSA) is 36.1 Å². The fourth-order valence-electron chi connectivity index (χ4n) is 3.16. The molecule has 1 aliphatic rings. The van der Waals surface area contributed by atoms with Gasteiger partial charge in [-0.25, -0.2) is 0 Å². The molecule has 0 radical (unpaired) electrons. The van der Waals surface area contributed by atoms with Crippen molar-refractivity contribution in [1.29, 1.82) is 0 Å². The lowest BCUT2D eigenvalue weighted by Crippen LogP contribution is -2.17. The SMILES string of the molecule is Cc1cc(C(C)C)c(-c2ccc(N3CCCC3)cc2)[nH]c1=O. The minimum Gasteiger partial charge on any atom is -0.372 e. The first-order chi connectivity index (χ1) is 10.6. The summed E-state index contributed by atoms with van der Waals surface area (Å²) in [4.78, 5) is 17.5. The van der Waals surface area contributed by atoms with Crippen LogP contribution in [-0.2, 0) is 0 Å². The fraction of sp³-hybridized carbons (Fsp3) is 0.421. The van der Waals surface area contributed by atoms with Gasteiger partial charge >= 0.3 is 0 Å². The van der Waals surface area contributed by atoms with Crippen molar-refractivity contribution in [2.75, 3.05) is 18.0 Å². The number of benzene rings is 1. The summed E-state index contributed by atoms with van der Waals surface area (Å²) in [7, 11) is 0. The van der Waals surface area contributed by atoms with Crippen LogP contribution in [0.5, 0.6) is 0 Å². The zero-order valence-corrected chi connectivity index (χ0v) is 13.6. The standard InChI is InChI=1S/C19H24N2O/c1-13(2)17-12-14(3)19(22)20-18(17)15-6-8-16(9-7-15)21-10-4-5-11-21/h6-9,12-13H,4-5,10-11H2,1-3H3,(H,20,22). The molecule has 0 spiro atoms. The number of aromatic nitrogens is 1. The molecule has 2 heterocycles. The molecule has 3 rings (SSSR count). The fourth-order valence-corrected chi connectivity index (χ4v) is 3.16. The van der Waals surface area contributed by atoms with Crippen LogP contribution in [0.4, 0.5) is 5.69 Å². The average Bonchev–Trinajstić information content (AvgIpc) is 3.04. The number of hydrogen-bond donors (Lipinski definition) is 1. The minimum atomic E-state index is 0.00280. The molecule has 0 atom stereocenters. The Morgan fingerprint density at radius 1 is 1.09 bits per heavy atom. The van der Waals surface area contributed by atoms with Gasteiger partial charge in [0.05, 0.1) is 5.69 Å². The Labute approximate surface area is 132 Å². The number of rotatable bonds is 3. The zero-order chi connectivity index (χ0) is 15.7. The number of hydrogen-bond acceptors (Lipinski definition) is 2. The lowest BCUT2D eigenvalue weighted by atomic mass is 9.96. The van der Waals surface area contributed by atoms with Crippen molar-refractivity contribution in [3.8, 4) is 11.3 Å². The Hall–Kier alpha value is -2.03. The molecule has 0 amide bonds. The van der Waals surface area contributed by atoms with Crippen molar-refractivity contribution in [2.24, 2.45) is 0 Å². The molecular weight excluding hydrogens is 272 g/mol. The number of nitrogens with one attached hydrogen (secondary N) is 1. The van der Waals surface area contributed by atoms with Gasteiger partial charge in [-0.1, -0.05) is 26.0 Å². The molecule has 0 bridgehead atoms. The first-order valence-electron chi connectivity index (χ1n) is 8.15. The van der Waals surface area contributed by atoms with Gasteiger partial charge in [0, 0.05) is 24.3 Å². The number of H-pyrrole nitrogens is 1. The Morgan fingerprint density at radius 2 is 1.73 bits per heavy atom. The van der Waals surface area contributed by atoms with Gasteiger partial charge in [-0.05, 0) is 55.0 Å². The molecule has 2 aromatic rings. The summed E-state index contributed by atoms with van der Waals surface area (Å²) in [6.07, 6.45) is 2.56. The Bertz CT molecular complexity index is 707. The van der Waals surface area contributed by atoms with Crippen molar-refractivity contribution in [3.05, 3.63) is 51.8 Å². The summed E-state index contributed by atoms with van der Waals surface area (Å²) in [6, 6.07) is 10.6. The van der Waals surface area contributed by atoms with Crippen LogP contribution >= 0.6 is 0 Å². The lowest BCUT2D eigenvalue weighted by Gasteiger charge is -2.18. The molecule has 1 aromatic carbocycles. The van der Waals surface area contributed by atoms with E-state index in [0.717, 1.165) is 29.9 Å². The van der Waals surface area contributed by atoms with E-state index in [1.165, 1.54) is 24.1 Å². The normalized spacial score (nSPS) is 14.8. The molecule has 3 heteroatoms. The Kier molecular flexibility index (Phi) is 4.06. The highest BCUT2D eigenvalue weighted by molar-refractivity contribution is 5.67. The summed E-state index contributed by atoms with van der Waals surface area (Å²) in [5.41, 5.74) is 5.30. The van der Waals surface area contributed by atoms with Crippen LogP contribution in [0.15, 0.2) is 35.1 Å². The summed E-state index contributed by atoms with van der Waals surface area (Å²) in [5, 5.41) is 0. The number of anilines is 1. The number of pyridine rings is 1. The number of aromatic amines is 1. The van der Waals surface area contributed by atoms with Crippen LogP contribution in [0.2, 0.25) is 0 Å². The third kappa shape index (κ3) is 2.80. The van der Waals surface area contributed by atoms with Gasteiger partial charge in [0.15, 0.2) is 0 Å². The quantitative estimate of drug-likeness (QED) is 0.926. The minimum absolute atomic E-state index is 0.00280. The number of nitrogens with zero attached hydrogens (tertiary/aromatic N) is 1. The maximum atomic E-state index is 12.0. The molecule has 1 fully saturated rings. The summed E-state index contributed by atoms with van der Waals surface area (Å²) in [6.45, 7) is 8.49. The van der Waals surface area contributed by atoms with Crippen LogP contribution in [0, 0.1) is 6.92 Å². The Balaban J connectivity index is 2.00. The summed E-state index contributed by atoms with van der Waals surface area (Å²) >= 11 is 0. The van der Waals surface area contributed by atoms with Crippen LogP contribution in [0.25, 0.3) is 11.3 Å². The highest BCUT2D eigenvalue weighted by Gasteiger charge is 2.14. The molecule has 0 saturated carbocycles. The first kappa shape index (κ1) is 14.9. The van der Waals surface area contributed by atoms with E-state index in [4.69, 9.17) is 0 Å². The molecule has 22 heavy (non-hydrogen) atoms. The van der Waals surface area contributed by atoms with Crippen LogP contribution < -0.4 is 10.5 Å². The van der Waals surface area contributed by atoms with E-state index in [-0.39, 0.29) is 5.56 Å². The van der Waals surface area contributed by atoms with Crippen molar-refractivity contribution < 1.29 is 0 Å². The third-order valence-corrected chi connectivity index (χ3v) is 4.51. The Morgan fingerprint density at radius 3 is 2.32 bits per heavy atom. The second kappa shape index (κ2) is 5.99. The molecule has 1 N–H and O–H groups in total. The molecular formula is C19H24N2O. The van der Waals surface area contributed by atoms with Gasteiger partial charge in [0.1, 0.15) is 0 Å². The number of aryl methyl sites for hydroxylation is 1. The van der Waals surface area contributed by atoms with Gasteiger partial charge < -0.3 is 9.88 Å². The third-order valence-electron chi connectivity index (χ3n) is 4.51. The molecule has 1 saturated heterocycles. The second-order valence-electron chi connectivity index (χ2n) is 6.51. The predicted octanol–water partition coefficient (Wildman–Crippen LogP) is 4.07. The van der Waals surface area contributed by atoms with Gasteiger partial charge in [-0.3, -0.25) is 4.79 Å². The van der Waals surface area contributed by atoms with E-state index >= 15 is 0 Å². The summed E-state index contributed by atoms with van der Waals surface area (Å²) in [5.74, 6) is 0.379. The van der Waals surface area contributed by atoms with Gasteiger partial charge in [-0.15, -0.1) is 0 Å². The van der Waals surface area contributed by atoms with E-state index in [1.54, 1.807) is 0 Å². The molecule has 1 aliphatic heterocycles. The van der Waals surface area contributed by atoms with Gasteiger partial charge in [-0.2, -0.15) is 0 Å². The van der Waals surface area contributed by atoms with E-state index in [1.807, 2.05) is 13.0 Å². The maximum Gasteiger partial charge on any atom is 0.251 e. The summed E-state index contributed by atoms with van der Waals surface area (Å²) < 4.78 is 0.